The van der Waals surface area contributed by atoms with E-state index in [-0.39, 0.29) is 30.8 Å². The number of nitrogens with zero attached hydrogens (tertiary/aromatic N) is 1. The molecule has 0 radical (unpaired) electrons. The van der Waals surface area contributed by atoms with Crippen LogP contribution in [0, 0.1) is 0 Å². The molecular formula is C25H32N4O4. The van der Waals surface area contributed by atoms with Crippen LogP contribution in [-0.4, -0.2) is 68.5 Å². The van der Waals surface area contributed by atoms with Gasteiger partial charge >= 0.3 is 0 Å². The lowest BCUT2D eigenvalue weighted by Crippen LogP contribution is -2.51. The predicted molar refractivity (Wildman–Crippen MR) is 126 cm³/mol. The van der Waals surface area contributed by atoms with Crippen molar-refractivity contribution >= 4 is 17.7 Å². The zero-order valence-corrected chi connectivity index (χ0v) is 19.0. The van der Waals surface area contributed by atoms with Gasteiger partial charge in [0.2, 0.25) is 17.7 Å². The molecule has 1 atom stereocenters. The number of benzene rings is 2. The van der Waals surface area contributed by atoms with Crippen LogP contribution >= 0.6 is 0 Å². The molecule has 2 aromatic rings. The third-order valence-corrected chi connectivity index (χ3v) is 5.45. The summed E-state index contributed by atoms with van der Waals surface area (Å²) < 4.78 is 5.88. The fourth-order valence-electron chi connectivity index (χ4n) is 3.63. The van der Waals surface area contributed by atoms with Crippen LogP contribution in [0.15, 0.2) is 54.6 Å². The van der Waals surface area contributed by atoms with Gasteiger partial charge in [-0.2, -0.15) is 0 Å². The van der Waals surface area contributed by atoms with E-state index < -0.39 is 6.04 Å². The van der Waals surface area contributed by atoms with Gasteiger partial charge in [0, 0.05) is 26.6 Å². The Hall–Kier alpha value is -3.39. The molecule has 8 nitrogen and oxygen atoms in total. The number of para-hydroxylation sites is 1. The largest absolute Gasteiger partial charge is 0.492 e. The van der Waals surface area contributed by atoms with Crippen molar-refractivity contribution in [2.45, 2.75) is 25.3 Å². The van der Waals surface area contributed by atoms with Crippen molar-refractivity contribution in [2.24, 2.45) is 0 Å². The third kappa shape index (κ3) is 7.91. The van der Waals surface area contributed by atoms with E-state index in [1.807, 2.05) is 54.6 Å². The highest BCUT2D eigenvalue weighted by molar-refractivity contribution is 5.90. The molecule has 0 saturated heterocycles. The number of ether oxygens (including phenoxy) is 1. The summed E-state index contributed by atoms with van der Waals surface area (Å²) in [7, 11) is 1.57. The number of aryl methyl sites for hydroxylation is 1. The number of nitrogens with one attached hydrogen (secondary N) is 3. The molecule has 1 aliphatic rings. The summed E-state index contributed by atoms with van der Waals surface area (Å²) >= 11 is 0. The molecule has 176 valence electrons. The summed E-state index contributed by atoms with van der Waals surface area (Å²) in [6, 6.07) is 16.6. The Kier molecular flexibility index (Phi) is 9.26. The zero-order valence-electron chi connectivity index (χ0n) is 19.0. The number of likely N-dealkylation sites (N-methyl/N-ethyl adjacent to an activating group) is 1. The molecule has 2 aromatic carbocycles. The Morgan fingerprint density at radius 1 is 1.00 bits per heavy atom. The maximum absolute atomic E-state index is 12.9. The molecule has 0 aromatic heterocycles. The second kappa shape index (κ2) is 12.6. The average molecular weight is 453 g/mol. The van der Waals surface area contributed by atoms with Crippen LogP contribution in [0.4, 0.5) is 0 Å². The van der Waals surface area contributed by atoms with Crippen molar-refractivity contribution in [3.8, 4) is 5.75 Å². The molecule has 0 aliphatic carbocycles. The fourth-order valence-corrected chi connectivity index (χ4v) is 3.63. The fraction of sp³-hybridized carbons (Fsp3) is 0.400. The van der Waals surface area contributed by atoms with Crippen LogP contribution in [0.1, 0.15) is 17.5 Å². The number of amides is 3. The van der Waals surface area contributed by atoms with Crippen molar-refractivity contribution in [1.29, 1.82) is 0 Å². The highest BCUT2D eigenvalue weighted by atomic mass is 16.5. The normalized spacial score (nSPS) is 19.4. The highest BCUT2D eigenvalue weighted by Crippen LogP contribution is 2.19. The monoisotopic (exact) mass is 452 g/mol. The van der Waals surface area contributed by atoms with Crippen LogP contribution in [0.5, 0.6) is 5.75 Å². The van der Waals surface area contributed by atoms with Gasteiger partial charge in [0.05, 0.1) is 13.1 Å². The molecule has 0 fully saturated rings. The molecule has 3 amide bonds. The van der Waals surface area contributed by atoms with Crippen LogP contribution in [-0.2, 0) is 27.2 Å². The lowest BCUT2D eigenvalue weighted by atomic mass is 10.0. The number of carbonyl (C=O) groups excluding carboxylic acids is 3. The Balaban J connectivity index is 1.71. The minimum absolute atomic E-state index is 0.0999. The molecule has 3 N–H and O–H groups in total. The van der Waals surface area contributed by atoms with Gasteiger partial charge in [-0.25, -0.2) is 0 Å². The predicted octanol–water partition coefficient (Wildman–Crippen LogP) is 0.903. The van der Waals surface area contributed by atoms with E-state index >= 15 is 0 Å². The first-order valence-electron chi connectivity index (χ1n) is 11.3. The average Bonchev–Trinajstić information content (AvgIpc) is 2.81. The summed E-state index contributed by atoms with van der Waals surface area (Å²) in [4.78, 5) is 39.2. The number of rotatable bonds is 2. The molecule has 0 spiro atoms. The van der Waals surface area contributed by atoms with E-state index in [1.54, 1.807) is 7.05 Å². The smallest absolute Gasteiger partial charge is 0.242 e. The van der Waals surface area contributed by atoms with Gasteiger partial charge in [0.25, 0.3) is 0 Å². The Bertz CT molecular complexity index is 935. The van der Waals surface area contributed by atoms with Crippen molar-refractivity contribution in [3.05, 3.63) is 65.7 Å². The van der Waals surface area contributed by atoms with Crippen molar-refractivity contribution < 1.29 is 19.1 Å². The van der Waals surface area contributed by atoms with Gasteiger partial charge in [-0.15, -0.1) is 0 Å². The maximum Gasteiger partial charge on any atom is 0.242 e. The summed E-state index contributed by atoms with van der Waals surface area (Å²) in [6.07, 6.45) is 1.87. The SMILES string of the molecule is CN1CC(=O)N[C@H](Cc2ccccc2)C(=O)NCCCc2ccccc2OCCNCC1=O. The third-order valence-electron chi connectivity index (χ3n) is 5.45. The molecule has 3 rings (SSSR count). The molecular weight excluding hydrogens is 420 g/mol. The van der Waals surface area contributed by atoms with Gasteiger partial charge < -0.3 is 25.6 Å². The summed E-state index contributed by atoms with van der Waals surface area (Å²) in [5.74, 6) is -0.0195. The first-order chi connectivity index (χ1) is 16.0. The minimum atomic E-state index is -0.726. The molecule has 33 heavy (non-hydrogen) atoms. The number of hydrogen-bond donors (Lipinski definition) is 3. The van der Waals surface area contributed by atoms with Gasteiger partial charge in [-0.1, -0.05) is 48.5 Å². The second-order valence-corrected chi connectivity index (χ2v) is 8.09. The zero-order chi connectivity index (χ0) is 23.5. The van der Waals surface area contributed by atoms with E-state index in [9.17, 15) is 14.4 Å². The van der Waals surface area contributed by atoms with Gasteiger partial charge in [-0.05, 0) is 30.0 Å². The molecule has 8 heteroatoms. The van der Waals surface area contributed by atoms with E-state index in [0.29, 0.717) is 26.1 Å². The van der Waals surface area contributed by atoms with Crippen molar-refractivity contribution in [3.63, 3.8) is 0 Å². The lowest BCUT2D eigenvalue weighted by molar-refractivity contribution is -0.135. The second-order valence-electron chi connectivity index (χ2n) is 8.09. The molecule has 1 aliphatic heterocycles. The summed E-state index contributed by atoms with van der Waals surface area (Å²) in [5, 5.41) is 8.80. The van der Waals surface area contributed by atoms with E-state index in [1.165, 1.54) is 4.90 Å². The van der Waals surface area contributed by atoms with Gasteiger partial charge in [-0.3, -0.25) is 14.4 Å². The van der Waals surface area contributed by atoms with Crippen LogP contribution in [0.25, 0.3) is 0 Å². The quantitative estimate of drug-likeness (QED) is 0.629. The number of hydrogen-bond acceptors (Lipinski definition) is 5. The number of carbonyl (C=O) groups is 3. The van der Waals surface area contributed by atoms with E-state index in [0.717, 1.165) is 29.7 Å². The molecule has 0 saturated carbocycles. The minimum Gasteiger partial charge on any atom is -0.492 e. The van der Waals surface area contributed by atoms with E-state index in [4.69, 9.17) is 4.74 Å². The molecule has 0 bridgehead atoms. The van der Waals surface area contributed by atoms with Crippen LogP contribution < -0.4 is 20.7 Å². The van der Waals surface area contributed by atoms with Gasteiger partial charge in [0.1, 0.15) is 18.4 Å². The lowest BCUT2D eigenvalue weighted by Gasteiger charge is -2.22. The Morgan fingerprint density at radius 3 is 2.58 bits per heavy atom. The van der Waals surface area contributed by atoms with Gasteiger partial charge in [0.15, 0.2) is 0 Å². The summed E-state index contributed by atoms with van der Waals surface area (Å²) in [5.41, 5.74) is 2.01. The maximum atomic E-state index is 12.9. The van der Waals surface area contributed by atoms with Crippen molar-refractivity contribution in [2.75, 3.05) is 39.8 Å². The Morgan fingerprint density at radius 2 is 1.76 bits per heavy atom. The van der Waals surface area contributed by atoms with Crippen LogP contribution in [0.2, 0.25) is 0 Å². The van der Waals surface area contributed by atoms with Crippen molar-refractivity contribution in [1.82, 2.24) is 20.9 Å². The highest BCUT2D eigenvalue weighted by Gasteiger charge is 2.22. The van der Waals surface area contributed by atoms with Crippen LogP contribution in [0.3, 0.4) is 0 Å². The topological polar surface area (TPSA) is 99.8 Å². The van der Waals surface area contributed by atoms with E-state index in [2.05, 4.69) is 16.0 Å². The standard InChI is InChI=1S/C25H32N4O4/c1-29-18-23(30)28-21(16-19-8-3-2-4-9-19)25(32)27-13-7-11-20-10-5-6-12-22(20)33-15-14-26-17-24(29)31/h2-6,8-10,12,21,26H,7,11,13-18H2,1H3,(H,27,32)(H,28,30)/t21-/m1/s1. The molecule has 1 heterocycles. The Labute approximate surface area is 194 Å². The molecule has 0 unspecified atom stereocenters. The first kappa shape index (κ1) is 24.3. The number of fused-ring (bicyclic) bond motifs is 1. The summed E-state index contributed by atoms with van der Waals surface area (Å²) in [6.45, 7) is 1.39. The first-order valence-corrected chi connectivity index (χ1v) is 11.3.